The summed E-state index contributed by atoms with van der Waals surface area (Å²) in [6, 6.07) is 68.5. The van der Waals surface area contributed by atoms with Crippen LogP contribution in [0.4, 0.5) is 13.2 Å². The third kappa shape index (κ3) is 6.63. The van der Waals surface area contributed by atoms with Crippen LogP contribution in [0.1, 0.15) is 11.1 Å². The molecule has 342 valence electrons. The first-order chi connectivity index (χ1) is 35.4. The largest absolute Gasteiger partial charge is 0.420 e. The Balaban J connectivity index is 1.38. The maximum Gasteiger partial charge on any atom is 0.420 e. The highest BCUT2D eigenvalue weighted by Crippen LogP contribution is 2.52. The van der Waals surface area contributed by atoms with E-state index in [4.69, 9.17) is 19.9 Å². The van der Waals surface area contributed by atoms with Gasteiger partial charge in [0, 0.05) is 22.3 Å². The summed E-state index contributed by atoms with van der Waals surface area (Å²) in [4.78, 5) is 20.6. The number of hydrogen-bond donors (Lipinski definition) is 0. The normalized spacial score (nSPS) is 11.8. The molecule has 12 heteroatoms. The first-order valence-corrected chi connectivity index (χ1v) is 23.2. The van der Waals surface area contributed by atoms with Crippen LogP contribution >= 0.6 is 0 Å². The first-order valence-electron chi connectivity index (χ1n) is 23.2. The van der Waals surface area contributed by atoms with Crippen LogP contribution in [0.15, 0.2) is 218 Å². The third-order valence-corrected chi connectivity index (χ3v) is 13.1. The van der Waals surface area contributed by atoms with Crippen molar-refractivity contribution < 1.29 is 13.2 Å². The van der Waals surface area contributed by atoms with Crippen molar-refractivity contribution in [1.82, 2.24) is 38.2 Å². The van der Waals surface area contributed by atoms with Crippen LogP contribution in [-0.2, 0) is 6.18 Å². The number of hydrogen-bond acceptors (Lipinski definition) is 5. The van der Waals surface area contributed by atoms with Gasteiger partial charge in [0.05, 0.1) is 66.9 Å². The maximum atomic E-state index is 18.1. The van der Waals surface area contributed by atoms with E-state index in [2.05, 4.69) is 6.07 Å². The van der Waals surface area contributed by atoms with Gasteiger partial charge >= 0.3 is 6.18 Å². The summed E-state index contributed by atoms with van der Waals surface area (Å²) in [6.07, 6.45) is -5.17. The van der Waals surface area contributed by atoms with E-state index in [1.165, 1.54) is 0 Å². The molecular formula is C60H36F3N9. The molecule has 0 spiro atoms. The van der Waals surface area contributed by atoms with Gasteiger partial charge < -0.3 is 0 Å². The molecule has 0 aliphatic rings. The van der Waals surface area contributed by atoms with Crippen LogP contribution < -0.4 is 0 Å². The second kappa shape index (κ2) is 16.7. The number of benzene rings is 9. The molecule has 0 aliphatic carbocycles. The van der Waals surface area contributed by atoms with Gasteiger partial charge in [-0.3, -0.25) is 18.3 Å². The molecule has 72 heavy (non-hydrogen) atoms. The zero-order chi connectivity index (χ0) is 48.5. The number of imidazole rings is 4. The van der Waals surface area contributed by atoms with Gasteiger partial charge in [-0.2, -0.15) is 18.4 Å². The van der Waals surface area contributed by atoms with Crippen LogP contribution in [0.5, 0.6) is 0 Å². The summed E-state index contributed by atoms with van der Waals surface area (Å²) in [6.45, 7) is 0. The van der Waals surface area contributed by atoms with Gasteiger partial charge in [-0.1, -0.05) is 170 Å². The molecule has 9 nitrogen and oxygen atoms in total. The molecular weight excluding hydrogens is 904 g/mol. The summed E-state index contributed by atoms with van der Waals surface area (Å²) in [5.74, 6) is 1.11. The molecule has 13 aromatic rings. The van der Waals surface area contributed by atoms with E-state index in [0.29, 0.717) is 78.0 Å². The van der Waals surface area contributed by atoms with Crippen molar-refractivity contribution in [2.24, 2.45) is 0 Å². The summed E-state index contributed by atoms with van der Waals surface area (Å²) in [7, 11) is 0. The standard InChI is InChI=1S/C60H36F3N9/c61-60(62,63)51-54(71-49-35-19-15-31-45(49)67-58(71)40-25-9-3-10-26-40)52(69-47-33-17-13-29-43(47)65-56(69)38-21-5-1-6-22-38)42(37-64)53(70-48-34-18-14-30-44(48)66-57(70)39-23-7-2-8-24-39)55(51)72-50-36-20-16-32-46(50)68-59(72)41-27-11-4-12-28-41/h1-36H. The predicted molar refractivity (Wildman–Crippen MR) is 276 cm³/mol. The van der Waals surface area contributed by atoms with E-state index in [0.717, 1.165) is 0 Å². The lowest BCUT2D eigenvalue weighted by Gasteiger charge is -2.30. The minimum absolute atomic E-state index is 0.0704. The smallest absolute Gasteiger partial charge is 0.289 e. The number of rotatable bonds is 8. The second-order valence-electron chi connectivity index (χ2n) is 17.3. The van der Waals surface area contributed by atoms with Gasteiger partial charge in [-0.25, -0.2) is 19.9 Å². The molecule has 0 amide bonds. The van der Waals surface area contributed by atoms with Crippen LogP contribution in [-0.4, -0.2) is 38.2 Å². The van der Waals surface area contributed by atoms with Crippen molar-refractivity contribution in [3.05, 3.63) is 230 Å². The predicted octanol–water partition coefficient (Wildman–Crippen LogP) is 14.6. The molecule has 0 fully saturated rings. The lowest BCUT2D eigenvalue weighted by atomic mass is 9.96. The number of aromatic nitrogens is 8. The number of nitriles is 1. The number of halogens is 3. The minimum atomic E-state index is -5.17. The molecule has 0 saturated carbocycles. The van der Waals surface area contributed by atoms with E-state index < -0.39 is 11.7 Å². The Morgan fingerprint density at radius 2 is 0.556 bits per heavy atom. The summed E-state index contributed by atoms with van der Waals surface area (Å²) in [5.41, 5.74) is 4.00. The molecule has 4 aromatic heterocycles. The van der Waals surface area contributed by atoms with Crippen molar-refractivity contribution in [1.29, 1.82) is 5.26 Å². The molecule has 9 aromatic carbocycles. The highest BCUT2D eigenvalue weighted by Gasteiger charge is 2.46. The van der Waals surface area contributed by atoms with Crippen molar-refractivity contribution >= 4 is 44.1 Å². The molecule has 0 radical (unpaired) electrons. The van der Waals surface area contributed by atoms with Crippen LogP contribution in [0.25, 0.3) is 112 Å². The monoisotopic (exact) mass is 939 g/mol. The Morgan fingerprint density at radius 1 is 0.319 bits per heavy atom. The lowest BCUT2D eigenvalue weighted by Crippen LogP contribution is -2.23. The Bertz CT molecular complexity index is 4000. The number of alkyl halides is 3. The van der Waals surface area contributed by atoms with Gasteiger partial charge in [-0.15, -0.1) is 0 Å². The fraction of sp³-hybridized carbons (Fsp3) is 0.0167. The number of nitrogens with zero attached hydrogens (tertiary/aromatic N) is 9. The topological polar surface area (TPSA) is 95.1 Å². The van der Waals surface area contributed by atoms with Gasteiger partial charge in [0.2, 0.25) is 0 Å². The van der Waals surface area contributed by atoms with Crippen molar-refractivity contribution in [3.8, 4) is 74.4 Å². The van der Waals surface area contributed by atoms with E-state index in [-0.39, 0.29) is 40.0 Å². The summed E-state index contributed by atoms with van der Waals surface area (Å²) in [5, 5.41) is 12.5. The molecule has 0 aliphatic heterocycles. The average Bonchev–Trinajstić information content (AvgIpc) is 4.21. The fourth-order valence-corrected chi connectivity index (χ4v) is 10.1. The van der Waals surface area contributed by atoms with E-state index in [9.17, 15) is 5.26 Å². The highest BCUT2D eigenvalue weighted by molar-refractivity contribution is 5.97. The quantitative estimate of drug-likeness (QED) is 0.151. The fourth-order valence-electron chi connectivity index (χ4n) is 10.1. The SMILES string of the molecule is N#Cc1c(-n2c(-c3ccccc3)nc3ccccc32)c(-n2c(-c3ccccc3)nc3ccccc32)c(C(F)(F)F)c(-n2c(-c3ccccc3)nc3ccccc32)c1-n1c(-c2ccccc2)nc2ccccc21. The van der Waals surface area contributed by atoms with Crippen molar-refractivity contribution in [2.75, 3.05) is 0 Å². The first kappa shape index (κ1) is 42.3. The third-order valence-electron chi connectivity index (χ3n) is 13.1. The van der Waals surface area contributed by atoms with E-state index in [1.807, 2.05) is 182 Å². The van der Waals surface area contributed by atoms with Gasteiger partial charge in [-0.05, 0) is 48.5 Å². The van der Waals surface area contributed by atoms with Crippen LogP contribution in [0, 0.1) is 11.3 Å². The molecule has 13 rings (SSSR count). The zero-order valence-electron chi connectivity index (χ0n) is 37.9. The Kier molecular flexibility index (Phi) is 9.79. The van der Waals surface area contributed by atoms with E-state index in [1.54, 1.807) is 54.7 Å². The van der Waals surface area contributed by atoms with Crippen molar-refractivity contribution in [2.45, 2.75) is 6.18 Å². The maximum absolute atomic E-state index is 18.1. The second-order valence-corrected chi connectivity index (χ2v) is 17.3. The Morgan fingerprint density at radius 3 is 0.806 bits per heavy atom. The summed E-state index contributed by atoms with van der Waals surface area (Å²) >= 11 is 0. The molecule has 0 saturated heterocycles. The molecule has 0 unspecified atom stereocenters. The molecule has 4 heterocycles. The molecule has 0 bridgehead atoms. The molecule has 0 N–H and O–H groups in total. The van der Waals surface area contributed by atoms with Gasteiger partial charge in [0.15, 0.2) is 0 Å². The highest BCUT2D eigenvalue weighted by atomic mass is 19.4. The number of para-hydroxylation sites is 8. The lowest BCUT2D eigenvalue weighted by molar-refractivity contribution is -0.137. The Hall–Kier alpha value is -9.86. The van der Waals surface area contributed by atoms with E-state index >= 15 is 13.2 Å². The van der Waals surface area contributed by atoms with Crippen LogP contribution in [0.3, 0.4) is 0 Å². The zero-order valence-corrected chi connectivity index (χ0v) is 37.9. The molecule has 0 atom stereocenters. The van der Waals surface area contributed by atoms with Gasteiger partial charge in [0.1, 0.15) is 40.5 Å². The van der Waals surface area contributed by atoms with Gasteiger partial charge in [0.25, 0.3) is 0 Å². The van der Waals surface area contributed by atoms with Crippen molar-refractivity contribution in [3.63, 3.8) is 0 Å². The Labute approximate surface area is 409 Å². The van der Waals surface area contributed by atoms with Crippen LogP contribution in [0.2, 0.25) is 0 Å². The number of fused-ring (bicyclic) bond motifs is 4. The minimum Gasteiger partial charge on any atom is -0.289 e. The summed E-state index contributed by atoms with van der Waals surface area (Å²) < 4.78 is 60.9. The average molecular weight is 940 g/mol.